The Morgan fingerprint density at radius 3 is 2.55 bits per heavy atom. The number of ether oxygens (including phenoxy) is 2. The van der Waals surface area contributed by atoms with Crippen LogP contribution in [0.1, 0.15) is 44.5 Å². The molecule has 1 aliphatic heterocycles. The molecule has 1 aromatic rings. The van der Waals surface area contributed by atoms with Gasteiger partial charge in [0.15, 0.2) is 0 Å². The van der Waals surface area contributed by atoms with E-state index in [1.807, 2.05) is 27.7 Å². The van der Waals surface area contributed by atoms with Gasteiger partial charge in [-0.2, -0.15) is 0 Å². The van der Waals surface area contributed by atoms with Gasteiger partial charge in [0.2, 0.25) is 0 Å². The second-order valence-corrected chi connectivity index (χ2v) is 7.05. The van der Waals surface area contributed by atoms with Crippen molar-refractivity contribution >= 4 is 21.9 Å². The first kappa shape index (κ1) is 15.3. The van der Waals surface area contributed by atoms with E-state index in [0.717, 1.165) is 0 Å². The lowest BCUT2D eigenvalue weighted by molar-refractivity contribution is -0.0847. The van der Waals surface area contributed by atoms with Crippen LogP contribution in [0.3, 0.4) is 0 Å². The standard InChI is InChI=1S/C15H19BrO4/c1-14(2)8-11(15(3,4)20-14)19-12-9(13(17)18)6-5-7-10(12)16/h5-7,11H,8H2,1-4H3,(H,17,18). The fraction of sp³-hybridized carbons (Fsp3) is 0.533. The fourth-order valence-corrected chi connectivity index (χ4v) is 3.09. The third-order valence-electron chi connectivity index (χ3n) is 3.45. The summed E-state index contributed by atoms with van der Waals surface area (Å²) >= 11 is 3.36. The second kappa shape index (κ2) is 5.04. The van der Waals surface area contributed by atoms with Gasteiger partial charge in [0.1, 0.15) is 23.0 Å². The van der Waals surface area contributed by atoms with E-state index in [9.17, 15) is 9.90 Å². The van der Waals surface area contributed by atoms with E-state index in [2.05, 4.69) is 15.9 Å². The van der Waals surface area contributed by atoms with Crippen molar-refractivity contribution in [2.45, 2.75) is 51.4 Å². The van der Waals surface area contributed by atoms with E-state index in [0.29, 0.717) is 16.6 Å². The van der Waals surface area contributed by atoms with E-state index in [1.165, 1.54) is 6.07 Å². The number of para-hydroxylation sites is 1. The molecule has 1 unspecified atom stereocenters. The molecule has 0 radical (unpaired) electrons. The summed E-state index contributed by atoms with van der Waals surface area (Å²) in [5.41, 5.74) is -0.590. The summed E-state index contributed by atoms with van der Waals surface area (Å²) in [5.74, 6) is -0.642. The molecule has 1 N–H and O–H groups in total. The van der Waals surface area contributed by atoms with Gasteiger partial charge in [-0.05, 0) is 55.8 Å². The summed E-state index contributed by atoms with van der Waals surface area (Å²) < 4.78 is 12.6. The van der Waals surface area contributed by atoms with Gasteiger partial charge in [-0.15, -0.1) is 0 Å². The molecule has 0 saturated carbocycles. The highest BCUT2D eigenvalue weighted by Gasteiger charge is 2.47. The summed E-state index contributed by atoms with van der Waals surface area (Å²) in [6.45, 7) is 7.94. The second-order valence-electron chi connectivity index (χ2n) is 6.20. The number of aromatic carboxylic acids is 1. The Labute approximate surface area is 127 Å². The molecule has 2 rings (SSSR count). The number of carboxylic acids is 1. The summed E-state index contributed by atoms with van der Waals surface area (Å²) in [4.78, 5) is 11.3. The number of carboxylic acid groups (broad SMARTS) is 1. The van der Waals surface area contributed by atoms with Crippen LogP contribution < -0.4 is 4.74 Å². The van der Waals surface area contributed by atoms with Crippen molar-refractivity contribution in [1.29, 1.82) is 0 Å². The largest absolute Gasteiger partial charge is 0.485 e. The monoisotopic (exact) mass is 342 g/mol. The summed E-state index contributed by atoms with van der Waals surface area (Å²) in [5, 5.41) is 9.26. The average Bonchev–Trinajstić information content (AvgIpc) is 2.49. The Balaban J connectivity index is 2.34. The van der Waals surface area contributed by atoms with E-state index >= 15 is 0 Å². The van der Waals surface area contributed by atoms with Crippen LogP contribution in [0.15, 0.2) is 22.7 Å². The first-order valence-electron chi connectivity index (χ1n) is 6.51. The molecule has 0 aliphatic carbocycles. The molecular formula is C15H19BrO4. The molecule has 1 fully saturated rings. The van der Waals surface area contributed by atoms with Crippen molar-refractivity contribution in [3.63, 3.8) is 0 Å². The van der Waals surface area contributed by atoms with Crippen LogP contribution in [-0.4, -0.2) is 28.4 Å². The molecule has 1 atom stereocenters. The van der Waals surface area contributed by atoms with Crippen LogP contribution in [-0.2, 0) is 4.74 Å². The average molecular weight is 343 g/mol. The number of hydrogen-bond acceptors (Lipinski definition) is 3. The highest BCUT2D eigenvalue weighted by atomic mass is 79.9. The first-order valence-corrected chi connectivity index (χ1v) is 7.30. The molecule has 1 heterocycles. The van der Waals surface area contributed by atoms with Crippen LogP contribution >= 0.6 is 15.9 Å². The third kappa shape index (κ3) is 2.99. The van der Waals surface area contributed by atoms with E-state index in [4.69, 9.17) is 9.47 Å². The highest BCUT2D eigenvalue weighted by Crippen LogP contribution is 2.41. The molecule has 110 valence electrons. The summed E-state index contributed by atoms with van der Waals surface area (Å²) in [6.07, 6.45) is 0.509. The number of carbonyl (C=O) groups is 1. The van der Waals surface area contributed by atoms with Gasteiger partial charge in [0.25, 0.3) is 0 Å². The Bertz CT molecular complexity index is 537. The minimum absolute atomic E-state index is 0.153. The molecule has 20 heavy (non-hydrogen) atoms. The van der Waals surface area contributed by atoms with Crippen molar-refractivity contribution in [2.24, 2.45) is 0 Å². The predicted molar refractivity (Wildman–Crippen MR) is 79.4 cm³/mol. The van der Waals surface area contributed by atoms with Gasteiger partial charge in [-0.1, -0.05) is 6.07 Å². The van der Waals surface area contributed by atoms with Gasteiger partial charge in [0, 0.05) is 6.42 Å². The van der Waals surface area contributed by atoms with Gasteiger partial charge in [-0.25, -0.2) is 4.79 Å². The predicted octanol–water partition coefficient (Wildman–Crippen LogP) is 3.87. The molecule has 1 aliphatic rings. The van der Waals surface area contributed by atoms with Crippen LogP contribution in [0, 0.1) is 0 Å². The zero-order chi connectivity index (χ0) is 15.1. The topological polar surface area (TPSA) is 55.8 Å². The highest BCUT2D eigenvalue weighted by molar-refractivity contribution is 9.10. The summed E-state index contributed by atoms with van der Waals surface area (Å²) in [6, 6.07) is 4.99. The van der Waals surface area contributed by atoms with Crippen molar-refractivity contribution in [2.75, 3.05) is 0 Å². The number of halogens is 1. The molecule has 0 amide bonds. The van der Waals surface area contributed by atoms with Gasteiger partial charge in [-0.3, -0.25) is 0 Å². The fourth-order valence-electron chi connectivity index (χ4n) is 2.63. The van der Waals surface area contributed by atoms with Gasteiger partial charge < -0.3 is 14.6 Å². The number of hydrogen-bond donors (Lipinski definition) is 1. The smallest absolute Gasteiger partial charge is 0.339 e. The zero-order valence-electron chi connectivity index (χ0n) is 12.1. The van der Waals surface area contributed by atoms with Gasteiger partial charge in [0.05, 0.1) is 10.1 Å². The molecule has 1 saturated heterocycles. The first-order chi connectivity index (χ1) is 9.12. The number of rotatable bonds is 3. The van der Waals surface area contributed by atoms with Crippen LogP contribution in [0.5, 0.6) is 5.75 Å². The molecule has 0 bridgehead atoms. The minimum Gasteiger partial charge on any atom is -0.485 e. The lowest BCUT2D eigenvalue weighted by Crippen LogP contribution is -2.37. The molecule has 1 aromatic carbocycles. The van der Waals surface area contributed by atoms with E-state index in [1.54, 1.807) is 12.1 Å². The maximum absolute atomic E-state index is 11.3. The minimum atomic E-state index is -1.00. The van der Waals surface area contributed by atoms with Crippen molar-refractivity contribution in [1.82, 2.24) is 0 Å². The van der Waals surface area contributed by atoms with E-state index < -0.39 is 11.6 Å². The zero-order valence-corrected chi connectivity index (χ0v) is 13.7. The molecule has 4 nitrogen and oxygen atoms in total. The molecule has 0 aromatic heterocycles. The van der Waals surface area contributed by atoms with E-state index in [-0.39, 0.29) is 17.3 Å². The van der Waals surface area contributed by atoms with Crippen LogP contribution in [0.25, 0.3) is 0 Å². The van der Waals surface area contributed by atoms with Crippen molar-refractivity contribution in [3.05, 3.63) is 28.2 Å². The normalized spacial score (nSPS) is 23.6. The quantitative estimate of drug-likeness (QED) is 0.905. The maximum atomic E-state index is 11.3. The Kier molecular flexibility index (Phi) is 3.86. The third-order valence-corrected chi connectivity index (χ3v) is 4.07. The SMILES string of the molecule is CC1(C)CC(Oc2c(Br)cccc2C(=O)O)C(C)(C)O1. The molecule has 0 spiro atoms. The summed E-state index contributed by atoms with van der Waals surface area (Å²) in [7, 11) is 0. The van der Waals surface area contributed by atoms with Gasteiger partial charge >= 0.3 is 5.97 Å². The van der Waals surface area contributed by atoms with Crippen LogP contribution in [0.4, 0.5) is 0 Å². The van der Waals surface area contributed by atoms with Crippen LogP contribution in [0.2, 0.25) is 0 Å². The maximum Gasteiger partial charge on any atom is 0.339 e. The lowest BCUT2D eigenvalue weighted by atomic mass is 9.97. The molecule has 5 heteroatoms. The Hall–Kier alpha value is -1.07. The number of benzene rings is 1. The van der Waals surface area contributed by atoms with Crippen molar-refractivity contribution in [3.8, 4) is 5.75 Å². The molecular weight excluding hydrogens is 324 g/mol. The lowest BCUT2D eigenvalue weighted by Gasteiger charge is -2.28. The Morgan fingerprint density at radius 2 is 2.05 bits per heavy atom. The van der Waals surface area contributed by atoms with Crippen molar-refractivity contribution < 1.29 is 19.4 Å². The Morgan fingerprint density at radius 1 is 1.40 bits per heavy atom.